The zero-order valence-corrected chi connectivity index (χ0v) is 10.8. The molecule has 0 spiro atoms. The van der Waals surface area contributed by atoms with Crippen molar-refractivity contribution in [1.29, 1.82) is 0 Å². The van der Waals surface area contributed by atoms with Crippen LogP contribution in [0.5, 0.6) is 0 Å². The van der Waals surface area contributed by atoms with Gasteiger partial charge < -0.3 is 4.57 Å². The monoisotopic (exact) mass is 254 g/mol. The number of fused-ring (bicyclic) bond motifs is 1. The Labute approximate surface area is 105 Å². The van der Waals surface area contributed by atoms with Crippen molar-refractivity contribution in [2.75, 3.05) is 0 Å². The Balaban J connectivity index is 2.43. The topological polar surface area (TPSA) is 17.8 Å². The summed E-state index contributed by atoms with van der Waals surface area (Å²) in [5, 5.41) is 0. The molecule has 0 saturated heterocycles. The molecule has 0 aliphatic rings. The maximum absolute atomic E-state index is 13.1. The lowest BCUT2D eigenvalue weighted by atomic mass is 10.1. The second-order valence-corrected chi connectivity index (χ2v) is 4.90. The maximum atomic E-state index is 13.1. The van der Waals surface area contributed by atoms with E-state index in [2.05, 4.69) is 23.4 Å². The van der Waals surface area contributed by atoms with Gasteiger partial charge in [0.15, 0.2) is 0 Å². The fourth-order valence-corrected chi connectivity index (χ4v) is 2.10. The highest BCUT2D eigenvalue weighted by molar-refractivity contribution is 6.16. The summed E-state index contributed by atoms with van der Waals surface area (Å²) >= 11 is 5.88. The van der Waals surface area contributed by atoms with Gasteiger partial charge in [0.25, 0.3) is 0 Å². The molecule has 1 heterocycles. The van der Waals surface area contributed by atoms with Gasteiger partial charge in [0.1, 0.15) is 11.6 Å². The molecule has 17 heavy (non-hydrogen) atoms. The summed E-state index contributed by atoms with van der Waals surface area (Å²) in [5.74, 6) is 1.53. The lowest BCUT2D eigenvalue weighted by Crippen LogP contribution is -2.04. The van der Waals surface area contributed by atoms with E-state index >= 15 is 0 Å². The average molecular weight is 255 g/mol. The average Bonchev–Trinajstić information content (AvgIpc) is 2.63. The Bertz CT molecular complexity index is 519. The lowest BCUT2D eigenvalue weighted by molar-refractivity contribution is 0.516. The first-order valence-electron chi connectivity index (χ1n) is 5.82. The third kappa shape index (κ3) is 2.60. The summed E-state index contributed by atoms with van der Waals surface area (Å²) in [5.41, 5.74) is 1.65. The number of aromatic nitrogens is 2. The molecule has 0 bridgehead atoms. The molecule has 1 aromatic carbocycles. The van der Waals surface area contributed by atoms with Crippen LogP contribution in [-0.2, 0) is 12.4 Å². The molecule has 0 N–H and O–H groups in total. The number of imidazole rings is 1. The van der Waals surface area contributed by atoms with Gasteiger partial charge in [-0.25, -0.2) is 9.37 Å². The van der Waals surface area contributed by atoms with Gasteiger partial charge in [0.2, 0.25) is 0 Å². The number of halogens is 2. The molecule has 2 aromatic rings. The van der Waals surface area contributed by atoms with E-state index in [1.807, 2.05) is 0 Å². The van der Waals surface area contributed by atoms with Gasteiger partial charge in [-0.05, 0) is 24.5 Å². The Kier molecular flexibility index (Phi) is 3.67. The lowest BCUT2D eigenvalue weighted by Gasteiger charge is -2.09. The van der Waals surface area contributed by atoms with Crippen LogP contribution in [0.4, 0.5) is 4.39 Å². The highest BCUT2D eigenvalue weighted by atomic mass is 35.5. The van der Waals surface area contributed by atoms with Crippen LogP contribution in [0.25, 0.3) is 11.0 Å². The maximum Gasteiger partial charge on any atom is 0.125 e. The van der Waals surface area contributed by atoms with E-state index in [-0.39, 0.29) is 5.82 Å². The largest absolute Gasteiger partial charge is 0.327 e. The van der Waals surface area contributed by atoms with Crippen molar-refractivity contribution < 1.29 is 4.39 Å². The highest BCUT2D eigenvalue weighted by Crippen LogP contribution is 2.20. The van der Waals surface area contributed by atoms with Crippen molar-refractivity contribution in [2.45, 2.75) is 32.7 Å². The second-order valence-electron chi connectivity index (χ2n) is 4.63. The smallest absolute Gasteiger partial charge is 0.125 e. The zero-order chi connectivity index (χ0) is 12.4. The fourth-order valence-electron chi connectivity index (χ4n) is 1.89. The second kappa shape index (κ2) is 5.05. The van der Waals surface area contributed by atoms with E-state index in [0.29, 0.717) is 17.3 Å². The number of nitrogens with zero attached hydrogens (tertiary/aromatic N) is 2. The Morgan fingerprint density at radius 2 is 2.18 bits per heavy atom. The van der Waals surface area contributed by atoms with Gasteiger partial charge in [0, 0.05) is 12.6 Å². The van der Waals surface area contributed by atoms with E-state index in [4.69, 9.17) is 11.6 Å². The van der Waals surface area contributed by atoms with E-state index < -0.39 is 0 Å². The van der Waals surface area contributed by atoms with Gasteiger partial charge >= 0.3 is 0 Å². The van der Waals surface area contributed by atoms with Gasteiger partial charge in [-0.1, -0.05) is 13.8 Å². The molecule has 92 valence electrons. The highest BCUT2D eigenvalue weighted by Gasteiger charge is 2.10. The normalized spacial score (nSPS) is 11.6. The first-order chi connectivity index (χ1) is 8.11. The number of aryl methyl sites for hydroxylation is 1. The van der Waals surface area contributed by atoms with Crippen molar-refractivity contribution >= 4 is 22.6 Å². The van der Waals surface area contributed by atoms with Gasteiger partial charge in [-0.3, -0.25) is 0 Å². The first kappa shape index (κ1) is 12.4. The Hall–Kier alpha value is -1.09. The van der Waals surface area contributed by atoms with Crippen LogP contribution in [-0.4, -0.2) is 9.55 Å². The van der Waals surface area contributed by atoms with E-state index in [1.54, 1.807) is 6.07 Å². The van der Waals surface area contributed by atoms with E-state index in [0.717, 1.165) is 24.3 Å². The zero-order valence-electron chi connectivity index (χ0n) is 10.1. The van der Waals surface area contributed by atoms with Crippen LogP contribution >= 0.6 is 11.6 Å². The summed E-state index contributed by atoms with van der Waals surface area (Å²) in [7, 11) is 0. The molecule has 0 radical (unpaired) electrons. The third-order valence-electron chi connectivity index (χ3n) is 2.84. The molecule has 0 aliphatic carbocycles. The van der Waals surface area contributed by atoms with E-state index in [9.17, 15) is 4.39 Å². The summed E-state index contributed by atoms with van der Waals surface area (Å²) in [6.07, 6.45) is 1.06. The Morgan fingerprint density at radius 1 is 1.41 bits per heavy atom. The summed E-state index contributed by atoms with van der Waals surface area (Å²) in [4.78, 5) is 4.36. The SMILES string of the molecule is CC(C)CCn1c(CCl)nc2cc(F)ccc21. The summed E-state index contributed by atoms with van der Waals surface area (Å²) < 4.78 is 15.2. The number of alkyl halides is 1. The van der Waals surface area contributed by atoms with Crippen LogP contribution in [0.3, 0.4) is 0 Å². The summed E-state index contributed by atoms with van der Waals surface area (Å²) in [6.45, 7) is 5.24. The number of rotatable bonds is 4. The van der Waals surface area contributed by atoms with Crippen LogP contribution in [0, 0.1) is 11.7 Å². The first-order valence-corrected chi connectivity index (χ1v) is 6.36. The summed E-state index contributed by atoms with van der Waals surface area (Å²) in [6, 6.07) is 4.69. The molecule has 4 heteroatoms. The van der Waals surface area contributed by atoms with Gasteiger partial charge in [0.05, 0.1) is 16.9 Å². The number of hydrogen-bond acceptors (Lipinski definition) is 1. The molecule has 0 saturated carbocycles. The fraction of sp³-hybridized carbons (Fsp3) is 0.462. The molecular weight excluding hydrogens is 239 g/mol. The van der Waals surface area contributed by atoms with Crippen LogP contribution in [0.15, 0.2) is 18.2 Å². The van der Waals surface area contributed by atoms with Crippen LogP contribution in [0.2, 0.25) is 0 Å². The molecule has 0 aliphatic heterocycles. The predicted octanol–water partition coefficient (Wildman–Crippen LogP) is 3.96. The van der Waals surface area contributed by atoms with Crippen LogP contribution in [0.1, 0.15) is 26.1 Å². The van der Waals surface area contributed by atoms with Crippen molar-refractivity contribution in [2.24, 2.45) is 5.92 Å². The van der Waals surface area contributed by atoms with Crippen molar-refractivity contribution in [1.82, 2.24) is 9.55 Å². The molecule has 0 unspecified atom stereocenters. The molecule has 0 atom stereocenters. The van der Waals surface area contributed by atoms with E-state index in [1.165, 1.54) is 12.1 Å². The van der Waals surface area contributed by atoms with Gasteiger partial charge in [-0.2, -0.15) is 0 Å². The third-order valence-corrected chi connectivity index (χ3v) is 3.08. The Morgan fingerprint density at radius 3 is 2.82 bits per heavy atom. The van der Waals surface area contributed by atoms with Gasteiger partial charge in [-0.15, -0.1) is 11.6 Å². The molecule has 2 rings (SSSR count). The van der Waals surface area contributed by atoms with Crippen molar-refractivity contribution in [3.8, 4) is 0 Å². The van der Waals surface area contributed by atoms with Crippen molar-refractivity contribution in [3.63, 3.8) is 0 Å². The molecule has 0 fully saturated rings. The number of hydrogen-bond donors (Lipinski definition) is 0. The number of benzene rings is 1. The molecule has 0 amide bonds. The minimum absolute atomic E-state index is 0.257. The molecular formula is C13H16ClFN2. The molecule has 2 nitrogen and oxygen atoms in total. The standard InChI is InChI=1S/C13H16ClFN2/c1-9(2)5-6-17-12-4-3-10(15)7-11(12)16-13(17)8-14/h3-4,7,9H,5-6,8H2,1-2H3. The minimum Gasteiger partial charge on any atom is -0.327 e. The quantitative estimate of drug-likeness (QED) is 0.755. The predicted molar refractivity (Wildman–Crippen MR) is 68.7 cm³/mol. The van der Waals surface area contributed by atoms with Crippen LogP contribution < -0.4 is 0 Å². The minimum atomic E-state index is -0.257. The molecule has 1 aromatic heterocycles. The van der Waals surface area contributed by atoms with Crippen molar-refractivity contribution in [3.05, 3.63) is 29.8 Å².